The van der Waals surface area contributed by atoms with Crippen molar-refractivity contribution in [1.82, 2.24) is 34.5 Å². The summed E-state index contributed by atoms with van der Waals surface area (Å²) >= 11 is 38.2. The van der Waals surface area contributed by atoms with Crippen LogP contribution in [0.5, 0.6) is 11.5 Å². The molecular formula is C82H93Br3Cl4F2N8O6P4Pd2S2+2. The number of thiazole rings is 2. The van der Waals surface area contributed by atoms with Gasteiger partial charge in [0.15, 0.2) is 0 Å². The quantitative estimate of drug-likeness (QED) is 0.0976. The number of fused-ring (bicyclic) bond motifs is 8. The molecule has 6 atom stereocenters. The molecule has 7 heterocycles. The van der Waals surface area contributed by atoms with Crippen molar-refractivity contribution in [2.24, 2.45) is 4.99 Å². The minimum atomic E-state index is -0.833. The van der Waals surface area contributed by atoms with Crippen LogP contribution in [0.1, 0.15) is 178 Å². The molecule has 11 aromatic rings. The fraction of sp³-hybridized carbons (Fsp3) is 0.378. The maximum Gasteiger partial charge on any atom is 0 e. The Bertz CT molecular complexity index is 5000. The number of aliphatic imine (C=N–C) groups is 1. The standard InChI is InChI=1S/C21H14BrCl2FN2OS.C21H13Cl2FN2OS.2C18H28N2P2.2C2H4O2.2BrH.2Pd/c22-14-4-3-12(23)5-11(14)6-16-19-15(25)7-13(24)8-17(19)28-20(27-16)18-9-26-21(29-18)10-1-2-10;22-12-3-4-15-11(5-12)6-16-19-14(24)7-13(23)8-17(19)27-21(26(15)16)18-9-25-20(28-18)10-1-2-10;2*1-17(2,3)21(7)15-16(22(8)18(4,5)6)20-14-12-10-9-11-13(14)19-15;2*1-2(3)4;;;;/h3-5,7-10,20H,1-2,6H2;3-10,21H,1-2H2;2*9-12H,1-8H3;2*1H3,(H,3,4);2*1H;;/q;;;;;;;;;+2/t;21-;21-,22-;;;;;;;/m.00......./s1. The van der Waals surface area contributed by atoms with Crippen molar-refractivity contribution < 1.29 is 72.4 Å². The van der Waals surface area contributed by atoms with Gasteiger partial charge in [-0.2, -0.15) is 0 Å². The molecular weight excluding hydrogens is 2010 g/mol. The van der Waals surface area contributed by atoms with Crippen LogP contribution in [0.25, 0.3) is 44.2 Å². The summed E-state index contributed by atoms with van der Waals surface area (Å²) < 4.78 is 44.9. The third-order valence-electron chi connectivity index (χ3n) is 18.9. The maximum absolute atomic E-state index is 14.9. The molecule has 3 unspecified atom stereocenters. The molecule has 0 saturated heterocycles. The predicted molar refractivity (Wildman–Crippen MR) is 484 cm³/mol. The van der Waals surface area contributed by atoms with E-state index in [-0.39, 0.29) is 61.9 Å². The summed E-state index contributed by atoms with van der Waals surface area (Å²) in [7, 11) is -2.21. The Labute approximate surface area is 738 Å². The number of hydrogen-bond acceptors (Lipinski definition) is 13. The number of hydrogen-bond donors (Lipinski definition) is 2. The molecule has 2 aliphatic heterocycles. The third-order valence-corrected chi connectivity index (χ3v) is 35.9. The van der Waals surface area contributed by atoms with E-state index in [0.29, 0.717) is 75.6 Å². The van der Waals surface area contributed by atoms with Gasteiger partial charge in [0, 0.05) is 94.9 Å². The largest absolute Gasteiger partial charge is 0 e. The molecule has 31 heteroatoms. The van der Waals surface area contributed by atoms with Crippen molar-refractivity contribution in [3.63, 3.8) is 0 Å². The van der Waals surface area contributed by atoms with E-state index >= 15 is 0 Å². The van der Waals surface area contributed by atoms with Gasteiger partial charge in [-0.3, -0.25) is 14.2 Å². The van der Waals surface area contributed by atoms with Gasteiger partial charge in [0.1, 0.15) is 23.1 Å². The van der Waals surface area contributed by atoms with E-state index in [0.717, 1.165) is 82.3 Å². The summed E-state index contributed by atoms with van der Waals surface area (Å²) in [4.78, 5) is 54.1. The van der Waals surface area contributed by atoms with Crippen LogP contribution < -0.4 is 31.2 Å². The molecule has 0 radical (unpaired) electrons. The number of nitrogens with zero attached hydrogens (tertiary/aromatic N) is 8. The van der Waals surface area contributed by atoms with Gasteiger partial charge in [0.05, 0.1) is 120 Å². The van der Waals surface area contributed by atoms with Crippen LogP contribution in [-0.4, -0.2) is 110 Å². The molecule has 2 aliphatic carbocycles. The van der Waals surface area contributed by atoms with Crippen molar-refractivity contribution in [3.05, 3.63) is 195 Å². The van der Waals surface area contributed by atoms with Crippen LogP contribution in [0.15, 0.2) is 137 Å². The van der Waals surface area contributed by atoms with E-state index in [2.05, 4.69) is 199 Å². The van der Waals surface area contributed by atoms with Gasteiger partial charge in [0.2, 0.25) is 23.3 Å². The smallest absolute Gasteiger partial charge is 0 e. The van der Waals surface area contributed by atoms with E-state index in [4.69, 9.17) is 101 Å². The van der Waals surface area contributed by atoms with E-state index in [1.807, 2.05) is 65.5 Å². The average molecular weight is 2110 g/mol. The normalized spacial score (nSPS) is 15.9. The zero-order valence-corrected chi connectivity index (χ0v) is 82.1. The Balaban J connectivity index is 0.000000181. The average Bonchev–Trinajstić information content (AvgIpc) is 1.59. The number of ether oxygens (including phenoxy) is 2. The number of aromatic nitrogens is 7. The van der Waals surface area contributed by atoms with E-state index in [1.54, 1.807) is 40.9 Å². The van der Waals surface area contributed by atoms with Crippen LogP contribution in [0.2, 0.25) is 20.1 Å². The molecule has 113 heavy (non-hydrogen) atoms. The zero-order valence-electron chi connectivity index (χ0n) is 65.8. The second kappa shape index (κ2) is 40.7. The maximum atomic E-state index is 14.9. The van der Waals surface area contributed by atoms with Crippen LogP contribution in [0.4, 0.5) is 8.78 Å². The fourth-order valence-corrected chi connectivity index (χ4v) is 22.1. The monoisotopic (exact) mass is 2100 g/mol. The van der Waals surface area contributed by atoms with Gasteiger partial charge in [-0.25, -0.2) is 43.7 Å². The van der Waals surface area contributed by atoms with Crippen molar-refractivity contribution in [2.75, 3.05) is 26.7 Å². The van der Waals surface area contributed by atoms with Crippen molar-refractivity contribution in [3.8, 4) is 22.8 Å². The molecule has 610 valence electrons. The van der Waals surface area contributed by atoms with Gasteiger partial charge < -0.3 is 19.7 Å². The number of halogens is 9. The summed E-state index contributed by atoms with van der Waals surface area (Å²) in [6.45, 7) is 39.5. The molecule has 5 aromatic heterocycles. The summed E-state index contributed by atoms with van der Waals surface area (Å²) in [5.74, 6) is -0.559. The molecule has 0 bridgehead atoms. The summed E-state index contributed by atoms with van der Waals surface area (Å²) in [5.41, 5.74) is 13.2. The van der Waals surface area contributed by atoms with Crippen molar-refractivity contribution in [1.29, 1.82) is 0 Å². The molecule has 6 aromatic carbocycles. The second-order valence-corrected chi connectivity index (χ2v) is 55.5. The van der Waals surface area contributed by atoms with Crippen LogP contribution in [0, 0.1) is 11.6 Å². The third kappa shape index (κ3) is 25.3. The van der Waals surface area contributed by atoms with Gasteiger partial charge in [-0.15, -0.1) is 22.7 Å². The van der Waals surface area contributed by atoms with Crippen LogP contribution >= 0.6 is 144 Å². The molecule has 4 aliphatic rings. The molecule has 0 spiro atoms. The summed E-state index contributed by atoms with van der Waals surface area (Å²) in [6, 6.07) is 35.6. The minimum Gasteiger partial charge on any atom is 0 e. The minimum absolute atomic E-state index is 0. The van der Waals surface area contributed by atoms with E-state index in [9.17, 15) is 8.78 Å². The van der Waals surface area contributed by atoms with E-state index in [1.165, 1.54) is 59.6 Å². The van der Waals surface area contributed by atoms with Crippen LogP contribution in [-0.2, 0) is 50.4 Å². The SMILES string of the molecule is CC(=O)O.CC(=O)O.C[P@@](c1nc2ccccc2nc1[P@](C)C(C)(C)C)C(C)(C)C.C[PH+](c1nc2ccccc2nc1[PH+](C)C(C)(C)C)C(C)(C)C.Fc1cc(Cl)cc2c1-c1cc3cc(Cl)ccc3n1[C@H](c1cnc(C3CC3)s1)O2.Fc1cc(Cl)cc2c1C(Cc1cc(Cl)ccc1Br)=NC(c1cnc(C3CC3)s1)O2.[Br][Pd][Br].[Pd]. The summed E-state index contributed by atoms with van der Waals surface area (Å²) in [5, 5.41) is 20.9. The number of rotatable bonds is 10. The molecule has 14 nitrogen and oxygen atoms in total. The zero-order chi connectivity index (χ0) is 82.4. The molecule has 0 amide bonds. The first-order chi connectivity index (χ1) is 52.5. The molecule has 2 fully saturated rings. The second-order valence-electron chi connectivity index (χ2n) is 31.4. The first-order valence-corrected chi connectivity index (χ1v) is 54.6. The Kier molecular flexibility index (Phi) is 34.2. The number of carbonyl (C=O) groups is 2. The summed E-state index contributed by atoms with van der Waals surface area (Å²) in [6.07, 6.45) is 7.84. The van der Waals surface area contributed by atoms with Crippen molar-refractivity contribution in [2.45, 2.75) is 174 Å². The predicted octanol–water partition coefficient (Wildman–Crippen LogP) is 25.1. The number of aliphatic carboxylic acids is 2. The topological polar surface area (TPSA) is 188 Å². The Morgan fingerprint density at radius 1 is 0.593 bits per heavy atom. The van der Waals surface area contributed by atoms with Crippen LogP contribution in [0.3, 0.4) is 0 Å². The van der Waals surface area contributed by atoms with Gasteiger partial charge in [-0.1, -0.05) is 144 Å². The fourth-order valence-electron chi connectivity index (χ4n) is 11.5. The van der Waals surface area contributed by atoms with E-state index < -0.39 is 51.9 Å². The number of benzene rings is 6. The van der Waals surface area contributed by atoms with Gasteiger partial charge in [0.25, 0.3) is 11.9 Å². The molecule has 2 N–H and O–H groups in total. The van der Waals surface area contributed by atoms with Gasteiger partial charge in [-0.05, 0) is 187 Å². The number of carboxylic acid groups (broad SMARTS) is 2. The Morgan fingerprint density at radius 2 is 1.00 bits per heavy atom. The number of carboxylic acids is 2. The first-order valence-electron chi connectivity index (χ1n) is 35.9. The Hall–Kier alpha value is -3.49. The molecule has 15 rings (SSSR count). The first kappa shape index (κ1) is 95.0. The van der Waals surface area contributed by atoms with Crippen molar-refractivity contribution >= 4 is 216 Å². The Morgan fingerprint density at radius 3 is 1.44 bits per heavy atom. The number of para-hydroxylation sites is 4. The van der Waals surface area contributed by atoms with Gasteiger partial charge >= 0.3 is 40.8 Å². The molecule has 2 saturated carbocycles.